The zero-order chi connectivity index (χ0) is 14.3. The van der Waals surface area contributed by atoms with Crippen LogP contribution in [-0.2, 0) is 4.74 Å². The summed E-state index contributed by atoms with van der Waals surface area (Å²) in [5.41, 5.74) is 8.81. The summed E-state index contributed by atoms with van der Waals surface area (Å²) in [5, 5.41) is 0. The maximum absolute atomic E-state index is 6.06. The van der Waals surface area contributed by atoms with Crippen LogP contribution in [0.4, 0.5) is 5.69 Å². The zero-order valence-corrected chi connectivity index (χ0v) is 12.1. The van der Waals surface area contributed by atoms with Crippen LogP contribution in [-0.4, -0.2) is 27.7 Å². The van der Waals surface area contributed by atoms with Gasteiger partial charge in [-0.1, -0.05) is 13.8 Å². The summed E-state index contributed by atoms with van der Waals surface area (Å²) < 4.78 is 7.73. The number of anilines is 1. The molecule has 5 heteroatoms. The average Bonchev–Trinajstić information content (AvgIpc) is 2.87. The number of pyridine rings is 1. The van der Waals surface area contributed by atoms with Crippen molar-refractivity contribution in [3.8, 4) is 11.3 Å². The molecular weight excluding hydrogens is 252 g/mol. The van der Waals surface area contributed by atoms with Crippen molar-refractivity contribution in [2.75, 3.05) is 12.8 Å². The zero-order valence-electron chi connectivity index (χ0n) is 12.1. The standard InChI is InChI=1S/C15H20N4O/c1-15(2)13(6-14(15)20-3)19-9-18-8-12(19)10-7-17-5-4-11(10)16/h4-5,7-9,13-14H,6H2,1-3H3,(H2,16,17). The minimum absolute atomic E-state index is 0.0845. The highest BCUT2D eigenvalue weighted by molar-refractivity contribution is 5.72. The predicted molar refractivity (Wildman–Crippen MR) is 78.1 cm³/mol. The topological polar surface area (TPSA) is 66.0 Å². The molecule has 5 nitrogen and oxygen atoms in total. The van der Waals surface area contributed by atoms with Crippen LogP contribution in [0.2, 0.25) is 0 Å². The van der Waals surface area contributed by atoms with Crippen LogP contribution in [0.15, 0.2) is 31.0 Å². The van der Waals surface area contributed by atoms with Crippen molar-refractivity contribution in [1.82, 2.24) is 14.5 Å². The van der Waals surface area contributed by atoms with E-state index in [0.29, 0.717) is 6.04 Å². The van der Waals surface area contributed by atoms with Crippen molar-refractivity contribution in [3.05, 3.63) is 31.0 Å². The molecule has 0 saturated heterocycles. The Kier molecular flexibility index (Phi) is 3.01. The molecule has 2 atom stereocenters. The lowest BCUT2D eigenvalue weighted by molar-refractivity contribution is -0.112. The fraction of sp³-hybridized carbons (Fsp3) is 0.467. The Labute approximate surface area is 118 Å². The molecule has 2 N–H and O–H groups in total. The maximum Gasteiger partial charge on any atom is 0.0953 e. The first-order chi connectivity index (χ1) is 9.55. The molecule has 106 valence electrons. The molecular formula is C15H20N4O. The third-order valence-corrected chi connectivity index (χ3v) is 4.54. The molecule has 0 aliphatic heterocycles. The quantitative estimate of drug-likeness (QED) is 0.932. The lowest BCUT2D eigenvalue weighted by atomic mass is 9.64. The van der Waals surface area contributed by atoms with Crippen LogP contribution in [0.1, 0.15) is 26.3 Å². The van der Waals surface area contributed by atoms with Gasteiger partial charge in [0.05, 0.1) is 24.3 Å². The van der Waals surface area contributed by atoms with Crippen LogP contribution in [0, 0.1) is 5.41 Å². The minimum atomic E-state index is 0.0845. The molecule has 3 rings (SSSR count). The number of hydrogen-bond donors (Lipinski definition) is 1. The summed E-state index contributed by atoms with van der Waals surface area (Å²) in [6, 6.07) is 2.18. The molecule has 2 heterocycles. The monoisotopic (exact) mass is 272 g/mol. The van der Waals surface area contributed by atoms with E-state index >= 15 is 0 Å². The van der Waals surface area contributed by atoms with Crippen molar-refractivity contribution in [1.29, 1.82) is 0 Å². The third kappa shape index (κ3) is 1.81. The van der Waals surface area contributed by atoms with Crippen molar-refractivity contribution >= 4 is 5.69 Å². The smallest absolute Gasteiger partial charge is 0.0953 e. The largest absolute Gasteiger partial charge is 0.398 e. The predicted octanol–water partition coefficient (Wildman–Crippen LogP) is 2.51. The molecule has 1 fully saturated rings. The number of ether oxygens (including phenoxy) is 1. The van der Waals surface area contributed by atoms with Crippen LogP contribution in [0.5, 0.6) is 0 Å². The lowest BCUT2D eigenvalue weighted by Crippen LogP contribution is -2.51. The van der Waals surface area contributed by atoms with Gasteiger partial charge in [0.1, 0.15) is 0 Å². The van der Waals surface area contributed by atoms with Crippen LogP contribution in [0.3, 0.4) is 0 Å². The summed E-state index contributed by atoms with van der Waals surface area (Å²) in [4.78, 5) is 8.47. The van der Waals surface area contributed by atoms with E-state index in [1.807, 2.05) is 18.6 Å². The van der Waals surface area contributed by atoms with E-state index in [-0.39, 0.29) is 11.5 Å². The number of aromatic nitrogens is 3. The Morgan fingerprint density at radius 2 is 2.15 bits per heavy atom. The Balaban J connectivity index is 1.99. The molecule has 20 heavy (non-hydrogen) atoms. The fourth-order valence-electron chi connectivity index (χ4n) is 3.12. The summed E-state index contributed by atoms with van der Waals surface area (Å²) in [5.74, 6) is 0. The molecule has 0 spiro atoms. The van der Waals surface area contributed by atoms with Crippen molar-refractivity contribution in [2.24, 2.45) is 5.41 Å². The highest BCUT2D eigenvalue weighted by atomic mass is 16.5. The Hall–Kier alpha value is -1.88. The van der Waals surface area contributed by atoms with E-state index in [1.54, 1.807) is 19.5 Å². The summed E-state index contributed by atoms with van der Waals surface area (Å²) >= 11 is 0. The van der Waals surface area contributed by atoms with E-state index < -0.39 is 0 Å². The van der Waals surface area contributed by atoms with E-state index in [4.69, 9.17) is 10.5 Å². The van der Waals surface area contributed by atoms with E-state index in [1.165, 1.54) is 0 Å². The van der Waals surface area contributed by atoms with Gasteiger partial charge in [-0.05, 0) is 12.5 Å². The first-order valence-electron chi connectivity index (χ1n) is 6.80. The molecule has 1 saturated carbocycles. The van der Waals surface area contributed by atoms with Gasteiger partial charge in [0.25, 0.3) is 0 Å². The van der Waals surface area contributed by atoms with Gasteiger partial charge in [-0.3, -0.25) is 4.98 Å². The number of hydrogen-bond acceptors (Lipinski definition) is 4. The number of rotatable bonds is 3. The second-order valence-corrected chi connectivity index (χ2v) is 5.95. The van der Waals surface area contributed by atoms with Gasteiger partial charge in [0, 0.05) is 42.2 Å². The second-order valence-electron chi connectivity index (χ2n) is 5.95. The molecule has 0 amide bonds. The van der Waals surface area contributed by atoms with E-state index in [9.17, 15) is 0 Å². The van der Waals surface area contributed by atoms with Gasteiger partial charge in [0.2, 0.25) is 0 Å². The van der Waals surface area contributed by atoms with E-state index in [2.05, 4.69) is 28.4 Å². The second kappa shape index (κ2) is 4.59. The van der Waals surface area contributed by atoms with Crippen molar-refractivity contribution < 1.29 is 4.74 Å². The van der Waals surface area contributed by atoms with Crippen LogP contribution < -0.4 is 5.73 Å². The van der Waals surface area contributed by atoms with E-state index in [0.717, 1.165) is 23.4 Å². The maximum atomic E-state index is 6.06. The number of methoxy groups -OCH3 is 1. The highest BCUT2D eigenvalue weighted by Gasteiger charge is 2.50. The molecule has 2 aromatic rings. The molecule has 0 bridgehead atoms. The molecule has 1 aliphatic carbocycles. The van der Waals surface area contributed by atoms with Crippen LogP contribution >= 0.6 is 0 Å². The minimum Gasteiger partial charge on any atom is -0.398 e. The third-order valence-electron chi connectivity index (χ3n) is 4.54. The Morgan fingerprint density at radius 1 is 1.35 bits per heavy atom. The van der Waals surface area contributed by atoms with Gasteiger partial charge < -0.3 is 15.0 Å². The Bertz CT molecular complexity index is 620. The number of nitrogen functional groups attached to an aromatic ring is 1. The molecule has 2 unspecified atom stereocenters. The summed E-state index contributed by atoms with van der Waals surface area (Å²) in [6.45, 7) is 4.46. The summed E-state index contributed by atoms with van der Waals surface area (Å²) in [6.07, 6.45) is 8.50. The first-order valence-corrected chi connectivity index (χ1v) is 6.80. The number of nitrogens with zero attached hydrogens (tertiary/aromatic N) is 3. The molecule has 0 aromatic carbocycles. The van der Waals surface area contributed by atoms with Crippen molar-refractivity contribution in [2.45, 2.75) is 32.4 Å². The molecule has 0 radical (unpaired) electrons. The van der Waals surface area contributed by atoms with Crippen LogP contribution in [0.25, 0.3) is 11.3 Å². The van der Waals surface area contributed by atoms with Gasteiger partial charge in [-0.15, -0.1) is 0 Å². The molecule has 1 aliphatic rings. The van der Waals surface area contributed by atoms with Gasteiger partial charge >= 0.3 is 0 Å². The van der Waals surface area contributed by atoms with Crippen molar-refractivity contribution in [3.63, 3.8) is 0 Å². The first kappa shape index (κ1) is 13.1. The normalized spacial score (nSPS) is 24.4. The number of nitrogens with two attached hydrogens (primary N) is 1. The summed E-state index contributed by atoms with van der Waals surface area (Å²) in [7, 11) is 1.77. The van der Waals surface area contributed by atoms with Gasteiger partial charge in [-0.2, -0.15) is 0 Å². The fourth-order valence-corrected chi connectivity index (χ4v) is 3.12. The SMILES string of the molecule is COC1CC(n2cncc2-c2cnccc2N)C1(C)C. The Morgan fingerprint density at radius 3 is 2.80 bits per heavy atom. The number of imidazole rings is 1. The lowest BCUT2D eigenvalue weighted by Gasteiger charge is -2.51. The van der Waals surface area contributed by atoms with Gasteiger partial charge in [-0.25, -0.2) is 4.98 Å². The van der Waals surface area contributed by atoms with Gasteiger partial charge in [0.15, 0.2) is 0 Å². The average molecular weight is 272 g/mol. The molecule has 2 aromatic heterocycles. The highest BCUT2D eigenvalue weighted by Crippen LogP contribution is 2.52.